The Hall–Kier alpha value is -2.14. The minimum atomic E-state index is 0.228. The van der Waals surface area contributed by atoms with Gasteiger partial charge in [-0.1, -0.05) is 38.3 Å². The van der Waals surface area contributed by atoms with Crippen molar-refractivity contribution in [1.82, 2.24) is 10.3 Å². The summed E-state index contributed by atoms with van der Waals surface area (Å²) in [6, 6.07) is 8.50. The molecule has 1 N–H and O–H groups in total. The Labute approximate surface area is 192 Å². The minimum absolute atomic E-state index is 0.228. The maximum absolute atomic E-state index is 12.4. The molecule has 2 aliphatic carbocycles. The zero-order valence-corrected chi connectivity index (χ0v) is 19.7. The van der Waals surface area contributed by atoms with E-state index in [4.69, 9.17) is 14.5 Å². The number of para-hydroxylation sites is 1. The van der Waals surface area contributed by atoms with Gasteiger partial charge in [-0.15, -0.1) is 0 Å². The number of unbranched alkanes of at least 4 members (excludes halogenated alkanes) is 1. The summed E-state index contributed by atoms with van der Waals surface area (Å²) in [6.45, 7) is 5.50. The normalized spacial score (nSPS) is 21.7. The number of ether oxygens (including phenoxy) is 2. The quantitative estimate of drug-likeness (QED) is 0.499. The minimum Gasteiger partial charge on any atom is -0.493 e. The lowest BCUT2D eigenvalue weighted by atomic mass is 9.92. The van der Waals surface area contributed by atoms with E-state index in [1.54, 1.807) is 0 Å². The highest BCUT2D eigenvalue weighted by molar-refractivity contribution is 5.86. The molecule has 1 amide bonds. The monoisotopic (exact) mass is 438 g/mol. The van der Waals surface area contributed by atoms with Gasteiger partial charge in [-0.05, 0) is 64.0 Å². The van der Waals surface area contributed by atoms with Gasteiger partial charge in [0.05, 0.1) is 30.5 Å². The molecule has 1 heterocycles. The van der Waals surface area contributed by atoms with Gasteiger partial charge in [0, 0.05) is 22.9 Å². The molecule has 2 aromatic rings. The van der Waals surface area contributed by atoms with Crippen molar-refractivity contribution in [2.45, 2.75) is 96.8 Å². The summed E-state index contributed by atoms with van der Waals surface area (Å²) < 4.78 is 12.5. The molecule has 0 bridgehead atoms. The van der Waals surface area contributed by atoms with E-state index in [1.165, 1.54) is 12.8 Å². The highest BCUT2D eigenvalue weighted by Crippen LogP contribution is 2.32. The smallest absolute Gasteiger partial charge is 0.223 e. The molecule has 0 saturated heterocycles. The topological polar surface area (TPSA) is 60.5 Å². The van der Waals surface area contributed by atoms with Crippen LogP contribution in [0, 0.1) is 12.8 Å². The molecule has 0 atom stereocenters. The lowest BCUT2D eigenvalue weighted by molar-refractivity contribution is -0.126. The van der Waals surface area contributed by atoms with Gasteiger partial charge in [0.25, 0.3) is 0 Å². The Morgan fingerprint density at radius 2 is 1.84 bits per heavy atom. The number of benzene rings is 1. The number of aromatic nitrogens is 1. The number of hydrogen-bond donors (Lipinski definition) is 1. The third kappa shape index (κ3) is 5.61. The molecule has 2 aliphatic rings. The molecule has 0 radical (unpaired) electrons. The van der Waals surface area contributed by atoms with Crippen LogP contribution in [-0.4, -0.2) is 29.6 Å². The van der Waals surface area contributed by atoms with E-state index in [9.17, 15) is 4.79 Å². The molecule has 32 heavy (non-hydrogen) atoms. The number of nitrogens with one attached hydrogen (secondary N) is 1. The van der Waals surface area contributed by atoms with E-state index >= 15 is 0 Å². The van der Waals surface area contributed by atoms with E-state index in [0.29, 0.717) is 12.6 Å². The molecule has 4 rings (SSSR count). The van der Waals surface area contributed by atoms with Crippen molar-refractivity contribution in [3.63, 3.8) is 0 Å². The Bertz CT molecular complexity index is 899. The summed E-state index contributed by atoms with van der Waals surface area (Å²) in [5.41, 5.74) is 3.01. The van der Waals surface area contributed by atoms with Gasteiger partial charge in [0.1, 0.15) is 5.75 Å². The first-order valence-electron chi connectivity index (χ1n) is 12.6. The summed E-state index contributed by atoms with van der Waals surface area (Å²) in [5, 5.41) is 4.37. The van der Waals surface area contributed by atoms with Gasteiger partial charge in [0.2, 0.25) is 5.91 Å². The highest BCUT2D eigenvalue weighted by atomic mass is 16.5. The molecule has 5 nitrogen and oxygen atoms in total. The van der Waals surface area contributed by atoms with E-state index in [0.717, 1.165) is 85.9 Å². The molecule has 0 unspecified atom stereocenters. The predicted molar refractivity (Wildman–Crippen MR) is 128 cm³/mol. The van der Waals surface area contributed by atoms with Gasteiger partial charge in [0.15, 0.2) is 0 Å². The first kappa shape index (κ1) is 23.0. The second kappa shape index (κ2) is 11.1. The lowest BCUT2D eigenvalue weighted by Gasteiger charge is -2.30. The Morgan fingerprint density at radius 3 is 2.59 bits per heavy atom. The van der Waals surface area contributed by atoms with Crippen molar-refractivity contribution in [1.29, 1.82) is 0 Å². The van der Waals surface area contributed by atoms with Crippen molar-refractivity contribution in [3.05, 3.63) is 35.5 Å². The number of carbonyl (C=O) groups excluding carboxylic acids is 1. The molecular weight excluding hydrogens is 400 g/mol. The van der Waals surface area contributed by atoms with Crippen molar-refractivity contribution in [3.8, 4) is 5.75 Å². The van der Waals surface area contributed by atoms with Crippen LogP contribution in [0.4, 0.5) is 0 Å². The molecule has 0 aliphatic heterocycles. The standard InChI is InChI=1S/C27H38N2O3/c1-3-4-17-31-26-19(2)25(29-24-12-8-7-11-23(24)26)18-32-22-15-13-21(14-16-22)28-27(30)20-9-5-6-10-20/h7-8,11-12,20-22H,3-6,9-10,13-18H2,1-2H3,(H,28,30). The van der Waals surface area contributed by atoms with Crippen LogP contribution in [0.2, 0.25) is 0 Å². The molecule has 2 fully saturated rings. The van der Waals surface area contributed by atoms with E-state index in [1.807, 2.05) is 18.2 Å². The van der Waals surface area contributed by atoms with Crippen molar-refractivity contribution >= 4 is 16.8 Å². The third-order valence-corrected chi connectivity index (χ3v) is 7.12. The summed E-state index contributed by atoms with van der Waals surface area (Å²) in [6.07, 6.45) is 10.9. The third-order valence-electron chi connectivity index (χ3n) is 7.12. The van der Waals surface area contributed by atoms with Gasteiger partial charge in [-0.25, -0.2) is 4.98 Å². The number of rotatable bonds is 9. The zero-order chi connectivity index (χ0) is 22.3. The largest absolute Gasteiger partial charge is 0.493 e. The zero-order valence-electron chi connectivity index (χ0n) is 19.7. The average molecular weight is 439 g/mol. The lowest BCUT2D eigenvalue weighted by Crippen LogP contribution is -2.41. The fourth-order valence-corrected chi connectivity index (χ4v) is 5.05. The average Bonchev–Trinajstić information content (AvgIpc) is 3.36. The summed E-state index contributed by atoms with van der Waals surface area (Å²) in [4.78, 5) is 17.3. The van der Waals surface area contributed by atoms with Crippen LogP contribution in [-0.2, 0) is 16.1 Å². The highest BCUT2D eigenvalue weighted by Gasteiger charge is 2.28. The molecule has 5 heteroatoms. The molecule has 174 valence electrons. The van der Waals surface area contributed by atoms with Gasteiger partial charge in [-0.3, -0.25) is 4.79 Å². The predicted octanol–water partition coefficient (Wildman–Crippen LogP) is 5.86. The molecule has 1 aromatic carbocycles. The maximum atomic E-state index is 12.4. The van der Waals surface area contributed by atoms with Crippen molar-refractivity contribution < 1.29 is 14.3 Å². The van der Waals surface area contributed by atoms with Crippen LogP contribution < -0.4 is 10.1 Å². The Morgan fingerprint density at radius 1 is 1.09 bits per heavy atom. The van der Waals surface area contributed by atoms with Crippen LogP contribution in [0.1, 0.15) is 82.4 Å². The van der Waals surface area contributed by atoms with Gasteiger partial charge in [-0.2, -0.15) is 0 Å². The van der Waals surface area contributed by atoms with E-state index in [2.05, 4.69) is 25.2 Å². The number of hydrogen-bond acceptors (Lipinski definition) is 4. The van der Waals surface area contributed by atoms with E-state index in [-0.39, 0.29) is 17.9 Å². The van der Waals surface area contributed by atoms with Gasteiger partial charge < -0.3 is 14.8 Å². The van der Waals surface area contributed by atoms with Crippen LogP contribution in [0.3, 0.4) is 0 Å². The van der Waals surface area contributed by atoms with Gasteiger partial charge >= 0.3 is 0 Å². The summed E-state index contributed by atoms with van der Waals surface area (Å²) >= 11 is 0. The second-order valence-electron chi connectivity index (χ2n) is 9.51. The molecule has 2 saturated carbocycles. The fraction of sp³-hybridized carbons (Fsp3) is 0.630. The van der Waals surface area contributed by atoms with Crippen LogP contribution in [0.5, 0.6) is 5.75 Å². The first-order chi connectivity index (χ1) is 15.7. The fourth-order valence-electron chi connectivity index (χ4n) is 5.05. The van der Waals surface area contributed by atoms with Crippen LogP contribution >= 0.6 is 0 Å². The number of carbonyl (C=O) groups is 1. The van der Waals surface area contributed by atoms with Crippen LogP contribution in [0.25, 0.3) is 10.9 Å². The van der Waals surface area contributed by atoms with Crippen molar-refractivity contribution in [2.24, 2.45) is 5.92 Å². The molecule has 0 spiro atoms. The van der Waals surface area contributed by atoms with E-state index < -0.39 is 0 Å². The van der Waals surface area contributed by atoms with Crippen LogP contribution in [0.15, 0.2) is 24.3 Å². The summed E-state index contributed by atoms with van der Waals surface area (Å²) in [7, 11) is 0. The first-order valence-corrected chi connectivity index (χ1v) is 12.6. The number of nitrogens with zero attached hydrogens (tertiary/aromatic N) is 1. The Balaban J connectivity index is 1.33. The molecule has 1 aromatic heterocycles. The summed E-state index contributed by atoms with van der Waals surface area (Å²) in [5.74, 6) is 1.47. The number of amides is 1. The SMILES string of the molecule is CCCCOc1c(C)c(COC2CCC(NC(=O)C3CCCC3)CC2)nc2ccccc12. The molecular formula is C27H38N2O3. The number of pyridine rings is 1. The Kier molecular flexibility index (Phi) is 8.01. The number of fused-ring (bicyclic) bond motifs is 1. The second-order valence-corrected chi connectivity index (χ2v) is 9.51. The maximum Gasteiger partial charge on any atom is 0.223 e. The van der Waals surface area contributed by atoms with Crippen molar-refractivity contribution in [2.75, 3.05) is 6.61 Å².